The van der Waals surface area contributed by atoms with Crippen LogP contribution in [0, 0.1) is 6.92 Å². The van der Waals surface area contributed by atoms with Crippen LogP contribution in [-0.2, 0) is 17.1 Å². The highest BCUT2D eigenvalue weighted by molar-refractivity contribution is 7.99. The van der Waals surface area contributed by atoms with Crippen LogP contribution in [0.15, 0.2) is 72.8 Å². The van der Waals surface area contributed by atoms with Gasteiger partial charge in [-0.1, -0.05) is 89.7 Å². The molecule has 0 spiro atoms. The number of anilines is 1. The van der Waals surface area contributed by atoms with Crippen LogP contribution < -0.4 is 4.90 Å². The van der Waals surface area contributed by atoms with E-state index in [-0.39, 0.29) is 5.91 Å². The van der Waals surface area contributed by atoms with Crippen LogP contribution in [0.4, 0.5) is 5.13 Å². The van der Waals surface area contributed by atoms with Crippen LogP contribution >= 0.6 is 34.7 Å². The zero-order chi connectivity index (χ0) is 20.9. The van der Waals surface area contributed by atoms with Gasteiger partial charge in [0.25, 0.3) is 0 Å². The summed E-state index contributed by atoms with van der Waals surface area (Å²) in [6.45, 7) is 2.50. The number of thioether (sulfide) groups is 1. The third kappa shape index (κ3) is 4.86. The number of carbonyl (C=O) groups is 1. The Balaban J connectivity index is 1.58. The molecule has 6 heteroatoms. The lowest BCUT2D eigenvalue weighted by Crippen LogP contribution is -2.31. The van der Waals surface area contributed by atoms with Crippen molar-refractivity contribution in [2.75, 3.05) is 10.7 Å². The monoisotopic (exact) mass is 452 g/mol. The predicted octanol–water partition coefficient (Wildman–Crippen LogP) is 6.72. The highest BCUT2D eigenvalue weighted by Crippen LogP contribution is 2.36. The molecule has 1 aromatic heterocycles. The normalized spacial score (nSPS) is 11.0. The van der Waals surface area contributed by atoms with Crippen LogP contribution in [0.1, 0.15) is 16.7 Å². The van der Waals surface area contributed by atoms with Gasteiger partial charge in [-0.2, -0.15) is 0 Å². The van der Waals surface area contributed by atoms with E-state index in [1.165, 1.54) is 16.9 Å². The molecular weight excluding hydrogens is 432 g/mol. The number of hydrogen-bond donors (Lipinski definition) is 0. The van der Waals surface area contributed by atoms with E-state index >= 15 is 0 Å². The number of thiazole rings is 1. The molecule has 0 saturated heterocycles. The summed E-state index contributed by atoms with van der Waals surface area (Å²) in [6.07, 6.45) is 0. The van der Waals surface area contributed by atoms with Gasteiger partial charge in [0.2, 0.25) is 5.91 Å². The van der Waals surface area contributed by atoms with Gasteiger partial charge < -0.3 is 0 Å². The average molecular weight is 453 g/mol. The van der Waals surface area contributed by atoms with E-state index < -0.39 is 0 Å². The van der Waals surface area contributed by atoms with Gasteiger partial charge >= 0.3 is 0 Å². The summed E-state index contributed by atoms with van der Waals surface area (Å²) < 4.78 is 0.925. The van der Waals surface area contributed by atoms with E-state index in [9.17, 15) is 4.79 Å². The van der Waals surface area contributed by atoms with E-state index in [1.54, 1.807) is 16.7 Å². The van der Waals surface area contributed by atoms with Gasteiger partial charge in [0.05, 0.1) is 27.5 Å². The summed E-state index contributed by atoms with van der Waals surface area (Å²) in [5, 5.41) is 1.36. The molecule has 3 aromatic carbocycles. The molecule has 0 bridgehead atoms. The molecule has 0 N–H and O–H groups in total. The second kappa shape index (κ2) is 9.65. The largest absolute Gasteiger partial charge is 0.283 e. The third-order valence-corrected chi connectivity index (χ3v) is 7.27. The van der Waals surface area contributed by atoms with Crippen LogP contribution in [0.5, 0.6) is 0 Å². The van der Waals surface area contributed by atoms with Crippen LogP contribution in [0.2, 0.25) is 5.02 Å². The minimum absolute atomic E-state index is 0.0487. The lowest BCUT2D eigenvalue weighted by atomic mass is 10.2. The first-order valence-electron chi connectivity index (χ1n) is 9.63. The van der Waals surface area contributed by atoms with E-state index in [2.05, 4.69) is 12.1 Å². The second-order valence-electron chi connectivity index (χ2n) is 6.98. The number of amides is 1. The Morgan fingerprint density at radius 1 is 1.00 bits per heavy atom. The van der Waals surface area contributed by atoms with Gasteiger partial charge in [0.1, 0.15) is 0 Å². The Morgan fingerprint density at radius 2 is 1.67 bits per heavy atom. The Bertz CT molecular complexity index is 1110. The molecular formula is C24H21ClN2OS2. The molecule has 3 nitrogen and oxygen atoms in total. The molecule has 4 aromatic rings. The van der Waals surface area contributed by atoms with Crippen molar-refractivity contribution in [1.82, 2.24) is 4.98 Å². The number of nitrogens with zero attached hydrogens (tertiary/aromatic N) is 2. The van der Waals surface area contributed by atoms with Gasteiger partial charge in [0, 0.05) is 5.75 Å². The highest BCUT2D eigenvalue weighted by atomic mass is 35.5. The van der Waals surface area contributed by atoms with Crippen molar-refractivity contribution in [2.45, 2.75) is 19.2 Å². The third-order valence-electron chi connectivity index (χ3n) is 4.74. The minimum atomic E-state index is 0.0487. The molecule has 1 amide bonds. The molecule has 1 heterocycles. The summed E-state index contributed by atoms with van der Waals surface area (Å²) in [6, 6.07) is 24.1. The van der Waals surface area contributed by atoms with Crippen molar-refractivity contribution in [3.63, 3.8) is 0 Å². The van der Waals surface area contributed by atoms with E-state index in [4.69, 9.17) is 16.6 Å². The van der Waals surface area contributed by atoms with Crippen LogP contribution in [0.25, 0.3) is 10.2 Å². The van der Waals surface area contributed by atoms with Gasteiger partial charge in [-0.05, 0) is 29.7 Å². The number of aryl methyl sites for hydroxylation is 1. The number of halogens is 1. The smallest absolute Gasteiger partial charge is 0.239 e. The summed E-state index contributed by atoms with van der Waals surface area (Å²) in [5.41, 5.74) is 4.21. The number of hydrogen-bond acceptors (Lipinski definition) is 4. The van der Waals surface area contributed by atoms with Gasteiger partial charge in [-0.25, -0.2) is 4.98 Å². The number of rotatable bonds is 7. The second-order valence-corrected chi connectivity index (χ2v) is 9.35. The molecule has 0 fully saturated rings. The SMILES string of the molecule is Cc1ccc(Cl)c2sc(N(Cc3ccccc3)C(=O)CSCc3ccccc3)nc12. The summed E-state index contributed by atoms with van der Waals surface area (Å²) >= 11 is 9.50. The summed E-state index contributed by atoms with van der Waals surface area (Å²) in [7, 11) is 0. The topological polar surface area (TPSA) is 33.2 Å². The Morgan fingerprint density at radius 3 is 2.33 bits per heavy atom. The first kappa shape index (κ1) is 20.9. The molecule has 4 rings (SSSR count). The molecule has 0 saturated carbocycles. The van der Waals surface area contributed by atoms with Crippen LogP contribution in [0.3, 0.4) is 0 Å². The van der Waals surface area contributed by atoms with E-state index in [1.807, 2.05) is 67.6 Å². The summed E-state index contributed by atoms with van der Waals surface area (Å²) in [4.78, 5) is 19.8. The fraction of sp³-hybridized carbons (Fsp3) is 0.167. The quantitative estimate of drug-likeness (QED) is 0.312. The van der Waals surface area contributed by atoms with Crippen molar-refractivity contribution in [3.05, 3.63) is 94.5 Å². The molecule has 30 heavy (non-hydrogen) atoms. The predicted molar refractivity (Wildman–Crippen MR) is 130 cm³/mol. The maximum atomic E-state index is 13.2. The molecule has 0 unspecified atom stereocenters. The van der Waals surface area contributed by atoms with E-state index in [0.717, 1.165) is 27.1 Å². The highest BCUT2D eigenvalue weighted by Gasteiger charge is 2.21. The first-order valence-corrected chi connectivity index (χ1v) is 12.0. The maximum Gasteiger partial charge on any atom is 0.239 e. The Labute approximate surface area is 189 Å². The van der Waals surface area contributed by atoms with Crippen LogP contribution in [-0.4, -0.2) is 16.6 Å². The fourth-order valence-electron chi connectivity index (χ4n) is 3.14. The van der Waals surface area contributed by atoms with Gasteiger partial charge in [-0.15, -0.1) is 11.8 Å². The number of aromatic nitrogens is 1. The Kier molecular flexibility index (Phi) is 6.72. The zero-order valence-electron chi connectivity index (χ0n) is 16.5. The summed E-state index contributed by atoms with van der Waals surface area (Å²) in [5.74, 6) is 1.24. The first-order chi connectivity index (χ1) is 14.6. The molecule has 152 valence electrons. The number of carbonyl (C=O) groups excluding carboxylic acids is 1. The van der Waals surface area contributed by atoms with Gasteiger partial charge in [-0.3, -0.25) is 9.69 Å². The number of fused-ring (bicyclic) bond motifs is 1. The zero-order valence-corrected chi connectivity index (χ0v) is 18.9. The van der Waals surface area contributed by atoms with Crippen molar-refractivity contribution in [3.8, 4) is 0 Å². The van der Waals surface area contributed by atoms with E-state index in [0.29, 0.717) is 22.5 Å². The van der Waals surface area contributed by atoms with Crippen molar-refractivity contribution in [1.29, 1.82) is 0 Å². The fourth-order valence-corrected chi connectivity index (χ4v) is 5.34. The maximum absolute atomic E-state index is 13.2. The average Bonchev–Trinajstić information content (AvgIpc) is 3.23. The van der Waals surface area contributed by atoms with Crippen molar-refractivity contribution < 1.29 is 4.79 Å². The van der Waals surface area contributed by atoms with Crippen molar-refractivity contribution >= 4 is 56.0 Å². The molecule has 0 aliphatic rings. The lowest BCUT2D eigenvalue weighted by molar-refractivity contribution is -0.116. The van der Waals surface area contributed by atoms with Gasteiger partial charge in [0.15, 0.2) is 5.13 Å². The molecule has 0 aliphatic carbocycles. The lowest BCUT2D eigenvalue weighted by Gasteiger charge is -2.20. The molecule has 0 radical (unpaired) electrons. The minimum Gasteiger partial charge on any atom is -0.283 e. The number of benzene rings is 3. The van der Waals surface area contributed by atoms with Crippen molar-refractivity contribution in [2.24, 2.45) is 0 Å². The Hall–Kier alpha value is -2.34. The molecule has 0 aliphatic heterocycles. The standard InChI is InChI=1S/C24H21ClN2OS2/c1-17-12-13-20(25)23-22(17)26-24(30-23)27(14-18-8-4-2-5-9-18)21(28)16-29-15-19-10-6-3-7-11-19/h2-13H,14-16H2,1H3. The molecule has 0 atom stereocenters.